The number of nitrogens with two attached hydrogens (primary N) is 1. The van der Waals surface area contributed by atoms with Crippen molar-refractivity contribution in [3.63, 3.8) is 0 Å². The minimum Gasteiger partial charge on any atom is -0.464 e. The van der Waals surface area contributed by atoms with Crippen LogP contribution < -0.4 is 5.73 Å². The second kappa shape index (κ2) is 8.17. The lowest BCUT2D eigenvalue weighted by Gasteiger charge is -2.16. The van der Waals surface area contributed by atoms with Gasteiger partial charge in [-0.25, -0.2) is 0 Å². The largest absolute Gasteiger partial charge is 0.464 e. The van der Waals surface area contributed by atoms with Crippen molar-refractivity contribution in [2.75, 3.05) is 6.61 Å². The minimum absolute atomic E-state index is 0.122. The van der Waals surface area contributed by atoms with Gasteiger partial charge in [0, 0.05) is 0 Å². The lowest BCUT2D eigenvalue weighted by molar-refractivity contribution is -0.146. The fourth-order valence-corrected chi connectivity index (χ4v) is 0.941. The van der Waals surface area contributed by atoms with Crippen molar-refractivity contribution in [2.45, 2.75) is 32.7 Å². The van der Waals surface area contributed by atoms with Crippen LogP contribution in [-0.2, 0) is 14.3 Å². The van der Waals surface area contributed by atoms with Gasteiger partial charge in [-0.1, -0.05) is 26.3 Å². The van der Waals surface area contributed by atoms with E-state index in [1.54, 1.807) is 12.4 Å². The highest BCUT2D eigenvalue weighted by Gasteiger charge is 2.20. The zero-order valence-electron chi connectivity index (χ0n) is 9.23. The number of carbonyl (C=O) groups excluding carboxylic acids is 2. The molecule has 2 atom stereocenters. The first kappa shape index (κ1) is 13.8. The molecule has 0 aliphatic carbocycles. The molecule has 1 radical (unpaired) electrons. The molecule has 15 heavy (non-hydrogen) atoms. The second-order valence-electron chi connectivity index (χ2n) is 3.39. The number of hydrogen-bond donors (Lipinski definition) is 1. The van der Waals surface area contributed by atoms with E-state index in [4.69, 9.17) is 10.5 Å². The Labute approximate surface area is 90.5 Å². The Kier molecular flexibility index (Phi) is 7.54. The summed E-state index contributed by atoms with van der Waals surface area (Å²) in [5, 5.41) is 0. The molecule has 0 aliphatic rings. The van der Waals surface area contributed by atoms with Crippen LogP contribution in [0.4, 0.5) is 0 Å². The Morgan fingerprint density at radius 2 is 2.27 bits per heavy atom. The molecule has 2 N–H and O–H groups in total. The molecule has 0 bridgehead atoms. The van der Waals surface area contributed by atoms with E-state index < -0.39 is 6.04 Å². The van der Waals surface area contributed by atoms with Crippen molar-refractivity contribution in [1.29, 1.82) is 0 Å². The predicted octanol–water partition coefficient (Wildman–Crippen LogP) is 0.959. The summed E-state index contributed by atoms with van der Waals surface area (Å²) >= 11 is 0. The number of hydrogen-bond acceptors (Lipinski definition) is 4. The number of carbonyl (C=O) groups is 1. The summed E-state index contributed by atoms with van der Waals surface area (Å²) in [5.74, 6) is -0.260. The standard InChI is InChI=1S/C11H18NO3/c1-3-9(2)10(12)11(14)15-8-6-4-5-7-13/h4-5,9-10H,3,6,8,12H2,1-2H3/b5-4-/t9-,10-/m0/s1. The van der Waals surface area contributed by atoms with Crippen molar-refractivity contribution in [3.8, 4) is 0 Å². The van der Waals surface area contributed by atoms with E-state index in [0.29, 0.717) is 6.42 Å². The van der Waals surface area contributed by atoms with Crippen molar-refractivity contribution < 1.29 is 14.3 Å². The van der Waals surface area contributed by atoms with Gasteiger partial charge in [-0.2, -0.15) is 0 Å². The first-order valence-electron chi connectivity index (χ1n) is 5.08. The smallest absolute Gasteiger partial charge is 0.323 e. The Hall–Kier alpha value is -1.16. The third kappa shape index (κ3) is 6.01. The third-order valence-corrected chi connectivity index (χ3v) is 2.24. The Bertz CT molecular complexity index is 226. The SMILES string of the molecule is CC[C@H](C)[C@H](N)C(=O)OCC/C=C\[C]=O. The molecule has 0 unspecified atom stereocenters. The number of esters is 1. The summed E-state index contributed by atoms with van der Waals surface area (Å²) in [6, 6.07) is -0.559. The molecule has 0 spiro atoms. The Morgan fingerprint density at radius 1 is 1.60 bits per heavy atom. The lowest BCUT2D eigenvalue weighted by Crippen LogP contribution is -2.38. The molecule has 0 aromatic heterocycles. The topological polar surface area (TPSA) is 69.4 Å². The normalized spacial score (nSPS) is 14.9. The van der Waals surface area contributed by atoms with E-state index in [2.05, 4.69) is 0 Å². The molecule has 0 aliphatic heterocycles. The molecule has 0 fully saturated rings. The van der Waals surface area contributed by atoms with Gasteiger partial charge in [-0.15, -0.1) is 0 Å². The van der Waals surface area contributed by atoms with Gasteiger partial charge >= 0.3 is 5.97 Å². The van der Waals surface area contributed by atoms with Crippen molar-refractivity contribution in [2.24, 2.45) is 11.7 Å². The summed E-state index contributed by atoms with van der Waals surface area (Å²) in [6.07, 6.45) is 5.81. The third-order valence-electron chi connectivity index (χ3n) is 2.24. The van der Waals surface area contributed by atoms with Crippen LogP contribution in [-0.4, -0.2) is 24.9 Å². The van der Waals surface area contributed by atoms with Crippen molar-refractivity contribution in [1.82, 2.24) is 0 Å². The summed E-state index contributed by atoms with van der Waals surface area (Å²) in [4.78, 5) is 21.1. The van der Waals surface area contributed by atoms with E-state index >= 15 is 0 Å². The first-order chi connectivity index (χ1) is 7.13. The van der Waals surface area contributed by atoms with Crippen molar-refractivity contribution >= 4 is 12.3 Å². The van der Waals surface area contributed by atoms with Crippen LogP contribution >= 0.6 is 0 Å². The van der Waals surface area contributed by atoms with Crippen LogP contribution in [0.15, 0.2) is 12.2 Å². The predicted molar refractivity (Wildman–Crippen MR) is 57.8 cm³/mol. The maximum absolute atomic E-state index is 11.3. The number of allylic oxidation sites excluding steroid dienone is 1. The fourth-order valence-electron chi connectivity index (χ4n) is 0.941. The van der Waals surface area contributed by atoms with Gasteiger partial charge in [0.05, 0.1) is 6.61 Å². The molecule has 4 heteroatoms. The highest BCUT2D eigenvalue weighted by molar-refractivity contribution is 5.75. The molecule has 4 nitrogen and oxygen atoms in total. The molecule has 0 aromatic carbocycles. The average Bonchev–Trinajstić information content (AvgIpc) is 2.26. The van der Waals surface area contributed by atoms with Gasteiger partial charge in [0.15, 0.2) is 0 Å². The Morgan fingerprint density at radius 3 is 2.80 bits per heavy atom. The summed E-state index contributed by atoms with van der Waals surface area (Å²) in [6.45, 7) is 4.13. The Balaban J connectivity index is 3.73. The van der Waals surface area contributed by atoms with Crippen LogP contribution in [0, 0.1) is 5.92 Å². The van der Waals surface area contributed by atoms with E-state index in [-0.39, 0.29) is 18.5 Å². The molecular formula is C11H18NO3. The second-order valence-corrected chi connectivity index (χ2v) is 3.39. The lowest BCUT2D eigenvalue weighted by atomic mass is 10.0. The fraction of sp³-hybridized carbons (Fsp3) is 0.636. The van der Waals surface area contributed by atoms with Crippen LogP contribution in [0.2, 0.25) is 0 Å². The highest BCUT2D eigenvalue weighted by atomic mass is 16.5. The average molecular weight is 212 g/mol. The molecule has 0 saturated heterocycles. The molecule has 0 saturated carbocycles. The molecule has 0 aromatic rings. The molecule has 0 heterocycles. The molecule has 85 valence electrons. The van der Waals surface area contributed by atoms with E-state index in [0.717, 1.165) is 6.42 Å². The van der Waals surface area contributed by atoms with Crippen LogP contribution in [0.25, 0.3) is 0 Å². The monoisotopic (exact) mass is 212 g/mol. The van der Waals surface area contributed by atoms with Crippen LogP contribution in [0.1, 0.15) is 26.7 Å². The van der Waals surface area contributed by atoms with Gasteiger partial charge in [0.1, 0.15) is 6.04 Å². The zero-order valence-corrected chi connectivity index (χ0v) is 9.23. The van der Waals surface area contributed by atoms with E-state index in [1.165, 1.54) is 6.08 Å². The molecule has 0 amide bonds. The quantitative estimate of drug-likeness (QED) is 0.387. The van der Waals surface area contributed by atoms with E-state index in [9.17, 15) is 9.59 Å². The van der Waals surface area contributed by atoms with Gasteiger partial charge in [-0.3, -0.25) is 9.59 Å². The summed E-state index contributed by atoms with van der Waals surface area (Å²) in [7, 11) is 0. The summed E-state index contributed by atoms with van der Waals surface area (Å²) in [5.41, 5.74) is 5.66. The summed E-state index contributed by atoms with van der Waals surface area (Å²) < 4.78 is 4.93. The number of rotatable bonds is 7. The maximum atomic E-state index is 11.3. The highest BCUT2D eigenvalue weighted by Crippen LogP contribution is 2.06. The zero-order chi connectivity index (χ0) is 11.7. The van der Waals surface area contributed by atoms with Gasteiger partial charge in [-0.05, 0) is 18.4 Å². The molecular weight excluding hydrogens is 194 g/mol. The van der Waals surface area contributed by atoms with Crippen LogP contribution in [0.5, 0.6) is 0 Å². The van der Waals surface area contributed by atoms with Gasteiger partial charge in [0.25, 0.3) is 0 Å². The van der Waals surface area contributed by atoms with Gasteiger partial charge in [0.2, 0.25) is 6.29 Å². The maximum Gasteiger partial charge on any atom is 0.323 e. The van der Waals surface area contributed by atoms with Gasteiger partial charge < -0.3 is 10.5 Å². The van der Waals surface area contributed by atoms with E-state index in [1.807, 2.05) is 13.8 Å². The molecule has 0 rings (SSSR count). The number of ether oxygens (including phenoxy) is 1. The van der Waals surface area contributed by atoms with Crippen molar-refractivity contribution in [3.05, 3.63) is 12.2 Å². The first-order valence-corrected chi connectivity index (χ1v) is 5.08. The minimum atomic E-state index is -0.559. The van der Waals surface area contributed by atoms with Crippen LogP contribution in [0.3, 0.4) is 0 Å².